The fourth-order valence-corrected chi connectivity index (χ4v) is 6.62. The number of halogens is 1. The summed E-state index contributed by atoms with van der Waals surface area (Å²) in [6, 6.07) is 30.7. The van der Waals surface area contributed by atoms with Gasteiger partial charge in [0.05, 0.1) is 10.6 Å². The summed E-state index contributed by atoms with van der Waals surface area (Å²) in [5.74, 6) is -0.831. The molecule has 236 valence electrons. The normalized spacial score (nSPS) is 12.6. The first-order chi connectivity index (χ1) is 21.6. The molecule has 0 saturated heterocycles. The van der Waals surface area contributed by atoms with Crippen LogP contribution >= 0.6 is 11.6 Å². The molecule has 0 aromatic heterocycles. The average Bonchev–Trinajstić information content (AvgIpc) is 3.06. The van der Waals surface area contributed by atoms with Crippen LogP contribution in [0, 0.1) is 0 Å². The molecule has 0 radical (unpaired) electrons. The fourth-order valence-electron chi connectivity index (χ4n) is 4.97. The van der Waals surface area contributed by atoms with E-state index in [4.69, 9.17) is 11.6 Å². The van der Waals surface area contributed by atoms with Gasteiger partial charge in [-0.3, -0.25) is 13.9 Å². The van der Waals surface area contributed by atoms with Crippen LogP contribution in [-0.4, -0.2) is 43.8 Å². The van der Waals surface area contributed by atoms with Crippen molar-refractivity contribution < 1.29 is 18.0 Å². The first-order valence-corrected chi connectivity index (χ1v) is 17.0. The third-order valence-corrected chi connectivity index (χ3v) is 9.78. The molecule has 0 aliphatic heterocycles. The van der Waals surface area contributed by atoms with E-state index in [-0.39, 0.29) is 29.8 Å². The van der Waals surface area contributed by atoms with Crippen LogP contribution in [0.2, 0.25) is 5.02 Å². The SMILES string of the molecule is CCc1ccc(N(CC(=O)N(Cc2cccc(Cl)c2)[C@H](Cc2ccccc2)C(=O)N[C@H](C)CC)S(=O)(=O)c2ccccc2)cc1. The van der Waals surface area contributed by atoms with Crippen LogP contribution in [0.1, 0.15) is 43.9 Å². The maximum absolute atomic E-state index is 14.5. The molecule has 0 aliphatic carbocycles. The maximum atomic E-state index is 14.5. The Bertz CT molecular complexity index is 1670. The van der Waals surface area contributed by atoms with E-state index in [0.717, 1.165) is 27.4 Å². The number of hydrogen-bond donors (Lipinski definition) is 1. The van der Waals surface area contributed by atoms with Gasteiger partial charge in [0.15, 0.2) is 0 Å². The van der Waals surface area contributed by atoms with Gasteiger partial charge in [0.1, 0.15) is 12.6 Å². The number of benzene rings is 4. The van der Waals surface area contributed by atoms with Crippen LogP contribution in [-0.2, 0) is 39.0 Å². The van der Waals surface area contributed by atoms with E-state index in [1.165, 1.54) is 17.0 Å². The number of amides is 2. The van der Waals surface area contributed by atoms with Crippen LogP contribution in [0.25, 0.3) is 0 Å². The predicted molar refractivity (Wildman–Crippen MR) is 181 cm³/mol. The van der Waals surface area contributed by atoms with Gasteiger partial charge in [-0.15, -0.1) is 0 Å². The van der Waals surface area contributed by atoms with E-state index in [0.29, 0.717) is 17.1 Å². The predicted octanol–water partition coefficient (Wildman–Crippen LogP) is 6.65. The van der Waals surface area contributed by atoms with Crippen molar-refractivity contribution in [3.8, 4) is 0 Å². The zero-order valence-electron chi connectivity index (χ0n) is 25.9. The second-order valence-electron chi connectivity index (χ2n) is 11.0. The first-order valence-electron chi connectivity index (χ1n) is 15.2. The Balaban J connectivity index is 1.80. The molecule has 0 heterocycles. The highest BCUT2D eigenvalue weighted by Crippen LogP contribution is 2.26. The van der Waals surface area contributed by atoms with E-state index < -0.39 is 28.5 Å². The summed E-state index contributed by atoms with van der Waals surface area (Å²) in [5.41, 5.74) is 2.98. The maximum Gasteiger partial charge on any atom is 0.264 e. The Morgan fingerprint density at radius 1 is 0.800 bits per heavy atom. The van der Waals surface area contributed by atoms with Crippen molar-refractivity contribution in [2.45, 2.75) is 63.6 Å². The summed E-state index contributed by atoms with van der Waals surface area (Å²) in [6.07, 6.45) is 1.74. The molecular weight excluding hydrogens is 606 g/mol. The molecule has 1 N–H and O–H groups in total. The van der Waals surface area contributed by atoms with Gasteiger partial charge in [-0.2, -0.15) is 0 Å². The number of hydrogen-bond acceptors (Lipinski definition) is 4. The van der Waals surface area contributed by atoms with Gasteiger partial charge in [0.2, 0.25) is 11.8 Å². The van der Waals surface area contributed by atoms with E-state index in [1.54, 1.807) is 48.5 Å². The van der Waals surface area contributed by atoms with E-state index >= 15 is 0 Å². The molecule has 2 atom stereocenters. The Morgan fingerprint density at radius 2 is 1.42 bits per heavy atom. The van der Waals surface area contributed by atoms with Crippen LogP contribution in [0.3, 0.4) is 0 Å². The van der Waals surface area contributed by atoms with Gasteiger partial charge in [-0.25, -0.2) is 8.42 Å². The minimum absolute atomic E-state index is 0.0544. The third-order valence-electron chi connectivity index (χ3n) is 7.76. The monoisotopic (exact) mass is 645 g/mol. The van der Waals surface area contributed by atoms with Crippen molar-refractivity contribution in [1.29, 1.82) is 0 Å². The van der Waals surface area contributed by atoms with Crippen molar-refractivity contribution in [1.82, 2.24) is 10.2 Å². The van der Waals surface area contributed by atoms with Gasteiger partial charge >= 0.3 is 0 Å². The molecule has 45 heavy (non-hydrogen) atoms. The van der Waals surface area contributed by atoms with Crippen molar-refractivity contribution in [2.75, 3.05) is 10.8 Å². The summed E-state index contributed by atoms with van der Waals surface area (Å²) >= 11 is 6.31. The zero-order chi connectivity index (χ0) is 32.4. The molecule has 4 aromatic carbocycles. The fraction of sp³-hybridized carbons (Fsp3) is 0.278. The Hall–Kier alpha value is -4.14. The van der Waals surface area contributed by atoms with Crippen LogP contribution in [0.4, 0.5) is 5.69 Å². The van der Waals surface area contributed by atoms with E-state index in [2.05, 4.69) is 5.32 Å². The minimum atomic E-state index is -4.15. The van der Waals surface area contributed by atoms with Gasteiger partial charge in [-0.1, -0.05) is 98.2 Å². The number of rotatable bonds is 14. The van der Waals surface area contributed by atoms with Gasteiger partial charge < -0.3 is 10.2 Å². The molecule has 0 aliphatic rings. The number of nitrogens with one attached hydrogen (secondary N) is 1. The van der Waals surface area contributed by atoms with Crippen molar-refractivity contribution in [3.05, 3.63) is 131 Å². The molecule has 0 saturated carbocycles. The van der Waals surface area contributed by atoms with E-state index in [1.807, 2.05) is 69.3 Å². The number of nitrogens with zero attached hydrogens (tertiary/aromatic N) is 2. The summed E-state index contributed by atoms with van der Waals surface area (Å²) in [4.78, 5) is 30.0. The molecule has 4 rings (SSSR count). The van der Waals surface area contributed by atoms with Crippen LogP contribution < -0.4 is 9.62 Å². The molecular formula is C36H40ClN3O4S. The van der Waals surface area contributed by atoms with Crippen LogP contribution in [0.5, 0.6) is 0 Å². The lowest BCUT2D eigenvalue weighted by Crippen LogP contribution is -2.54. The second kappa shape index (κ2) is 15.7. The largest absolute Gasteiger partial charge is 0.352 e. The summed E-state index contributed by atoms with van der Waals surface area (Å²) in [7, 11) is -4.15. The summed E-state index contributed by atoms with van der Waals surface area (Å²) in [5, 5.41) is 3.54. The average molecular weight is 646 g/mol. The molecule has 0 fully saturated rings. The van der Waals surface area contributed by atoms with Gasteiger partial charge in [0, 0.05) is 24.0 Å². The highest BCUT2D eigenvalue weighted by Gasteiger charge is 2.35. The lowest BCUT2D eigenvalue weighted by Gasteiger charge is -2.34. The second-order valence-corrected chi connectivity index (χ2v) is 13.3. The number of anilines is 1. The summed E-state index contributed by atoms with van der Waals surface area (Å²) in [6.45, 7) is 5.45. The van der Waals surface area contributed by atoms with Crippen molar-refractivity contribution >= 4 is 39.1 Å². The molecule has 0 bridgehead atoms. The molecule has 0 spiro atoms. The zero-order valence-corrected chi connectivity index (χ0v) is 27.5. The molecule has 4 aromatic rings. The molecule has 7 nitrogen and oxygen atoms in total. The number of sulfonamides is 1. The standard InChI is InChI=1S/C36H40ClN3O4S/c1-4-27(3)38-36(42)34(24-29-13-8-6-9-14-29)39(25-30-15-12-16-31(37)23-30)35(41)26-40(32-21-19-28(5-2)20-22-32)45(43,44)33-17-10-7-11-18-33/h6-23,27,34H,4-5,24-26H2,1-3H3,(H,38,42)/t27-,34-/m1/s1. The van der Waals surface area contributed by atoms with Crippen molar-refractivity contribution in [2.24, 2.45) is 0 Å². The first kappa shape index (κ1) is 33.7. The lowest BCUT2D eigenvalue weighted by molar-refractivity contribution is -0.140. The molecule has 2 amide bonds. The Labute approximate surface area is 271 Å². The summed E-state index contributed by atoms with van der Waals surface area (Å²) < 4.78 is 29.3. The van der Waals surface area contributed by atoms with Gasteiger partial charge in [-0.05, 0) is 72.9 Å². The van der Waals surface area contributed by atoms with Crippen LogP contribution in [0.15, 0.2) is 114 Å². The topological polar surface area (TPSA) is 86.8 Å². The number of aryl methyl sites for hydroxylation is 1. The molecule has 0 unspecified atom stereocenters. The van der Waals surface area contributed by atoms with Crippen molar-refractivity contribution in [3.63, 3.8) is 0 Å². The van der Waals surface area contributed by atoms with Gasteiger partial charge in [0.25, 0.3) is 10.0 Å². The Morgan fingerprint density at radius 3 is 2.02 bits per heavy atom. The highest BCUT2D eigenvalue weighted by molar-refractivity contribution is 7.92. The Kier molecular flexibility index (Phi) is 11.8. The smallest absolute Gasteiger partial charge is 0.264 e. The molecule has 9 heteroatoms. The number of carbonyl (C=O) groups is 2. The lowest BCUT2D eigenvalue weighted by atomic mass is 10.0. The quantitative estimate of drug-likeness (QED) is 0.166. The number of carbonyl (C=O) groups excluding carboxylic acids is 2. The minimum Gasteiger partial charge on any atom is -0.352 e. The van der Waals surface area contributed by atoms with E-state index in [9.17, 15) is 18.0 Å². The highest BCUT2D eigenvalue weighted by atomic mass is 35.5. The third kappa shape index (κ3) is 8.96.